The summed E-state index contributed by atoms with van der Waals surface area (Å²) in [6, 6.07) is 3.72. The Kier molecular flexibility index (Phi) is 4.07. The Hall–Kier alpha value is -1.00. The summed E-state index contributed by atoms with van der Waals surface area (Å²) in [6.45, 7) is 3.59. The molecule has 1 aromatic rings. The molecule has 0 spiro atoms. The number of hydrogen-bond donors (Lipinski definition) is 1. The lowest BCUT2D eigenvalue weighted by molar-refractivity contribution is 0.387. The first-order valence-corrected chi connectivity index (χ1v) is 5.98. The summed E-state index contributed by atoms with van der Waals surface area (Å²) in [5.74, 6) is -0.354. The van der Waals surface area contributed by atoms with E-state index in [1.807, 2.05) is 0 Å². The molecular weight excluding hydrogens is 222 g/mol. The molecule has 0 aliphatic carbocycles. The molecule has 0 amide bonds. The molecular formula is C13H18F2N2. The molecule has 17 heavy (non-hydrogen) atoms. The number of likely N-dealkylation sites (tertiary alicyclic amines) is 1. The summed E-state index contributed by atoms with van der Waals surface area (Å²) in [4.78, 5) is 2.30. The third-order valence-electron chi connectivity index (χ3n) is 3.25. The van der Waals surface area contributed by atoms with Gasteiger partial charge in [-0.15, -0.1) is 0 Å². The lowest BCUT2D eigenvalue weighted by Gasteiger charge is -2.12. The first-order chi connectivity index (χ1) is 8.15. The van der Waals surface area contributed by atoms with E-state index >= 15 is 0 Å². The highest BCUT2D eigenvalue weighted by molar-refractivity contribution is 5.18. The van der Waals surface area contributed by atoms with Gasteiger partial charge in [0.25, 0.3) is 0 Å². The molecule has 0 saturated carbocycles. The van der Waals surface area contributed by atoms with Crippen molar-refractivity contribution >= 4 is 0 Å². The molecule has 1 atom stereocenters. The fourth-order valence-electron chi connectivity index (χ4n) is 2.27. The summed E-state index contributed by atoms with van der Waals surface area (Å²) in [6.07, 6.45) is 1.19. The van der Waals surface area contributed by atoms with E-state index in [1.165, 1.54) is 18.6 Å². The third kappa shape index (κ3) is 3.48. The van der Waals surface area contributed by atoms with E-state index in [-0.39, 0.29) is 0 Å². The predicted molar refractivity (Wildman–Crippen MR) is 63.7 cm³/mol. The van der Waals surface area contributed by atoms with Gasteiger partial charge in [-0.25, -0.2) is 8.78 Å². The number of nitrogens with one attached hydrogen (secondary N) is 1. The summed E-state index contributed by atoms with van der Waals surface area (Å²) < 4.78 is 26.0. The fourth-order valence-corrected chi connectivity index (χ4v) is 2.27. The summed E-state index contributed by atoms with van der Waals surface area (Å²) in [5, 5.41) is 3.24. The van der Waals surface area contributed by atoms with Gasteiger partial charge in [0.1, 0.15) is 11.6 Å². The van der Waals surface area contributed by atoms with Crippen molar-refractivity contribution in [1.82, 2.24) is 10.2 Å². The number of rotatable bonds is 4. The average molecular weight is 240 g/mol. The first-order valence-electron chi connectivity index (χ1n) is 5.98. The quantitative estimate of drug-likeness (QED) is 0.866. The Morgan fingerprint density at radius 2 is 2.24 bits per heavy atom. The Balaban J connectivity index is 1.78. The molecule has 0 unspecified atom stereocenters. The SMILES string of the molecule is CN1CC[C@H](CNCc2ccc(F)cc2F)C1. The van der Waals surface area contributed by atoms with E-state index in [0.717, 1.165) is 25.7 Å². The topological polar surface area (TPSA) is 15.3 Å². The molecule has 1 aliphatic rings. The van der Waals surface area contributed by atoms with Crippen molar-refractivity contribution in [3.05, 3.63) is 35.4 Å². The Bertz CT molecular complexity index is 382. The maximum absolute atomic E-state index is 13.3. The highest BCUT2D eigenvalue weighted by atomic mass is 19.1. The van der Waals surface area contributed by atoms with Gasteiger partial charge in [0, 0.05) is 24.7 Å². The van der Waals surface area contributed by atoms with Gasteiger partial charge < -0.3 is 10.2 Å². The van der Waals surface area contributed by atoms with E-state index < -0.39 is 11.6 Å². The molecule has 4 heteroatoms. The molecule has 94 valence electrons. The average Bonchev–Trinajstić information content (AvgIpc) is 2.68. The second-order valence-corrected chi connectivity index (χ2v) is 4.78. The minimum Gasteiger partial charge on any atom is -0.312 e. The van der Waals surface area contributed by atoms with Gasteiger partial charge in [0.2, 0.25) is 0 Å². The first kappa shape index (κ1) is 12.5. The molecule has 0 aromatic heterocycles. The van der Waals surface area contributed by atoms with Crippen LogP contribution in [0.2, 0.25) is 0 Å². The minimum absolute atomic E-state index is 0.465. The van der Waals surface area contributed by atoms with E-state index in [2.05, 4.69) is 17.3 Å². The molecule has 1 aromatic carbocycles. The molecule has 2 nitrogen and oxygen atoms in total. The lowest BCUT2D eigenvalue weighted by Crippen LogP contribution is -2.25. The largest absolute Gasteiger partial charge is 0.312 e. The zero-order valence-corrected chi connectivity index (χ0v) is 10.0. The second kappa shape index (κ2) is 5.56. The van der Waals surface area contributed by atoms with Crippen molar-refractivity contribution in [3.8, 4) is 0 Å². The fraction of sp³-hybridized carbons (Fsp3) is 0.538. The monoisotopic (exact) mass is 240 g/mol. The smallest absolute Gasteiger partial charge is 0.130 e. The van der Waals surface area contributed by atoms with Crippen LogP contribution in [0.3, 0.4) is 0 Å². The van der Waals surface area contributed by atoms with Crippen LogP contribution in [-0.4, -0.2) is 31.6 Å². The van der Waals surface area contributed by atoms with E-state index in [9.17, 15) is 8.78 Å². The van der Waals surface area contributed by atoms with Crippen molar-refractivity contribution < 1.29 is 8.78 Å². The van der Waals surface area contributed by atoms with Crippen LogP contribution in [0.4, 0.5) is 8.78 Å². The zero-order chi connectivity index (χ0) is 12.3. The molecule has 2 rings (SSSR count). The van der Waals surface area contributed by atoms with Gasteiger partial charge in [-0.2, -0.15) is 0 Å². The van der Waals surface area contributed by atoms with Crippen molar-refractivity contribution in [2.24, 2.45) is 5.92 Å². The zero-order valence-electron chi connectivity index (χ0n) is 10.0. The van der Waals surface area contributed by atoms with Crippen LogP contribution in [0.1, 0.15) is 12.0 Å². The number of benzene rings is 1. The highest BCUT2D eigenvalue weighted by Gasteiger charge is 2.18. The van der Waals surface area contributed by atoms with Gasteiger partial charge in [-0.3, -0.25) is 0 Å². The maximum Gasteiger partial charge on any atom is 0.130 e. The third-order valence-corrected chi connectivity index (χ3v) is 3.25. The van der Waals surface area contributed by atoms with Crippen molar-refractivity contribution in [1.29, 1.82) is 0 Å². The summed E-state index contributed by atoms with van der Waals surface area (Å²) >= 11 is 0. The van der Waals surface area contributed by atoms with Gasteiger partial charge in [0.05, 0.1) is 0 Å². The number of hydrogen-bond acceptors (Lipinski definition) is 2. The normalized spacial score (nSPS) is 21.0. The van der Waals surface area contributed by atoms with Crippen molar-refractivity contribution in [3.63, 3.8) is 0 Å². The van der Waals surface area contributed by atoms with Crippen LogP contribution < -0.4 is 5.32 Å². The predicted octanol–water partition coefficient (Wildman–Crippen LogP) is 2.01. The molecule has 1 aliphatic heterocycles. The Morgan fingerprint density at radius 1 is 1.41 bits per heavy atom. The molecule has 0 bridgehead atoms. The minimum atomic E-state index is -0.524. The van der Waals surface area contributed by atoms with Gasteiger partial charge in [-0.05, 0) is 38.5 Å². The van der Waals surface area contributed by atoms with Crippen LogP contribution >= 0.6 is 0 Å². The van der Waals surface area contributed by atoms with E-state index in [1.54, 1.807) is 0 Å². The van der Waals surface area contributed by atoms with Crippen LogP contribution in [0.25, 0.3) is 0 Å². The molecule has 1 N–H and O–H groups in total. The second-order valence-electron chi connectivity index (χ2n) is 4.78. The van der Waals surface area contributed by atoms with E-state index in [0.29, 0.717) is 18.0 Å². The summed E-state index contributed by atoms with van der Waals surface area (Å²) in [5.41, 5.74) is 0.526. The Labute approximate surface area is 101 Å². The molecule has 0 radical (unpaired) electrons. The van der Waals surface area contributed by atoms with Crippen molar-refractivity contribution in [2.45, 2.75) is 13.0 Å². The van der Waals surface area contributed by atoms with E-state index in [4.69, 9.17) is 0 Å². The molecule has 1 saturated heterocycles. The lowest BCUT2D eigenvalue weighted by atomic mass is 10.1. The number of halogens is 2. The van der Waals surface area contributed by atoms with Crippen molar-refractivity contribution in [2.75, 3.05) is 26.7 Å². The summed E-state index contributed by atoms with van der Waals surface area (Å²) in [7, 11) is 2.11. The van der Waals surface area contributed by atoms with Gasteiger partial charge in [0.15, 0.2) is 0 Å². The van der Waals surface area contributed by atoms with Gasteiger partial charge in [-0.1, -0.05) is 6.07 Å². The highest BCUT2D eigenvalue weighted by Crippen LogP contribution is 2.14. The Morgan fingerprint density at radius 3 is 2.88 bits per heavy atom. The van der Waals surface area contributed by atoms with Crippen LogP contribution in [0.15, 0.2) is 18.2 Å². The van der Waals surface area contributed by atoms with Crippen LogP contribution in [0.5, 0.6) is 0 Å². The van der Waals surface area contributed by atoms with Crippen LogP contribution in [-0.2, 0) is 6.54 Å². The van der Waals surface area contributed by atoms with Crippen LogP contribution in [0, 0.1) is 17.6 Å². The molecule has 1 heterocycles. The standard InChI is InChI=1S/C13H18F2N2/c1-17-5-4-10(9-17)7-16-8-11-2-3-12(14)6-13(11)15/h2-3,6,10,16H,4-5,7-9H2,1H3/t10-/m1/s1. The maximum atomic E-state index is 13.3. The number of nitrogens with zero attached hydrogens (tertiary/aromatic N) is 1. The van der Waals surface area contributed by atoms with Gasteiger partial charge >= 0.3 is 0 Å². The molecule has 1 fully saturated rings.